The number of para-hydroxylation sites is 1. The lowest BCUT2D eigenvalue weighted by Crippen LogP contribution is -2.51. The Kier molecular flexibility index (Phi) is 10.2. The number of unbranched alkanes of at least 4 members (excludes halogenated alkanes) is 1. The lowest BCUT2D eigenvalue weighted by molar-refractivity contribution is -0.139. The van der Waals surface area contributed by atoms with Crippen LogP contribution in [0.4, 0.5) is 5.69 Å². The van der Waals surface area contributed by atoms with E-state index in [1.807, 2.05) is 13.0 Å². The summed E-state index contributed by atoms with van der Waals surface area (Å²) in [5.41, 5.74) is 0.936. The minimum absolute atomic E-state index is 0.0958. The van der Waals surface area contributed by atoms with Gasteiger partial charge in [-0.25, -0.2) is 8.42 Å². The predicted octanol–water partition coefficient (Wildman–Crippen LogP) is 3.45. The third-order valence-corrected chi connectivity index (χ3v) is 6.73. The van der Waals surface area contributed by atoms with Crippen LogP contribution >= 0.6 is 11.6 Å². The molecule has 2 rings (SSSR count). The van der Waals surface area contributed by atoms with Crippen molar-refractivity contribution in [1.82, 2.24) is 10.2 Å². The summed E-state index contributed by atoms with van der Waals surface area (Å²) in [6.07, 6.45) is 2.75. The highest BCUT2D eigenvalue weighted by atomic mass is 35.5. The number of halogens is 1. The molecule has 0 aliphatic carbocycles. The number of carbonyl (C=O) groups excluding carboxylic acids is 2. The van der Waals surface area contributed by atoms with Gasteiger partial charge in [-0.2, -0.15) is 0 Å². The molecule has 0 saturated heterocycles. The van der Waals surface area contributed by atoms with E-state index >= 15 is 0 Å². The molecule has 0 heterocycles. The number of amides is 2. The van der Waals surface area contributed by atoms with Crippen molar-refractivity contribution in [3.63, 3.8) is 0 Å². The summed E-state index contributed by atoms with van der Waals surface area (Å²) in [5.74, 6) is -0.238. The van der Waals surface area contributed by atoms with Crippen LogP contribution in [-0.2, 0) is 26.2 Å². The molecule has 1 N–H and O–H groups in total. The summed E-state index contributed by atoms with van der Waals surface area (Å²) in [5, 5.41) is 3.04. The van der Waals surface area contributed by atoms with E-state index in [0.29, 0.717) is 12.3 Å². The molecular weight excluding hydrogens is 478 g/mol. The number of nitrogens with one attached hydrogen (secondary N) is 1. The fraction of sp³-hybridized carbons (Fsp3) is 0.417. The van der Waals surface area contributed by atoms with Gasteiger partial charge in [-0.15, -0.1) is 0 Å². The molecule has 34 heavy (non-hydrogen) atoms. The summed E-state index contributed by atoms with van der Waals surface area (Å²) >= 11 is 6.23. The molecule has 2 aromatic carbocycles. The Morgan fingerprint density at radius 3 is 2.47 bits per heavy atom. The molecule has 0 saturated carbocycles. The van der Waals surface area contributed by atoms with Crippen molar-refractivity contribution in [2.75, 3.05) is 30.8 Å². The van der Waals surface area contributed by atoms with Crippen LogP contribution in [0.15, 0.2) is 48.5 Å². The van der Waals surface area contributed by atoms with Crippen LogP contribution in [0, 0.1) is 0 Å². The molecule has 8 nitrogen and oxygen atoms in total. The third-order valence-electron chi connectivity index (χ3n) is 5.28. The lowest BCUT2D eigenvalue weighted by Gasteiger charge is -2.31. The van der Waals surface area contributed by atoms with Crippen LogP contribution < -0.4 is 14.4 Å². The van der Waals surface area contributed by atoms with Gasteiger partial charge >= 0.3 is 0 Å². The summed E-state index contributed by atoms with van der Waals surface area (Å²) in [4.78, 5) is 27.7. The highest BCUT2D eigenvalue weighted by molar-refractivity contribution is 7.92. The summed E-state index contributed by atoms with van der Waals surface area (Å²) in [6, 6.07) is 12.7. The molecule has 0 aliphatic rings. The second kappa shape index (κ2) is 12.6. The van der Waals surface area contributed by atoms with Gasteiger partial charge in [0.25, 0.3) is 0 Å². The Balaban J connectivity index is 2.37. The maximum absolute atomic E-state index is 13.5. The number of hydrogen-bond donors (Lipinski definition) is 1. The van der Waals surface area contributed by atoms with Crippen molar-refractivity contribution in [2.24, 2.45) is 0 Å². The standard InChI is InChI=1S/C24H32ClN3O5S/c1-5-6-14-26-24(30)18(2)27(16-19-10-9-11-20(15-19)33-3)23(29)17-28(34(4,31)32)22-13-8-7-12-21(22)25/h7-13,15,18H,5-6,14,16-17H2,1-4H3,(H,26,30). The smallest absolute Gasteiger partial charge is 0.244 e. The number of hydrogen-bond acceptors (Lipinski definition) is 5. The first-order valence-corrected chi connectivity index (χ1v) is 13.2. The fourth-order valence-electron chi connectivity index (χ4n) is 3.33. The maximum Gasteiger partial charge on any atom is 0.244 e. The Hall–Kier alpha value is -2.78. The molecule has 0 aliphatic heterocycles. The van der Waals surface area contributed by atoms with Gasteiger partial charge < -0.3 is 15.0 Å². The van der Waals surface area contributed by atoms with E-state index in [1.165, 1.54) is 11.0 Å². The molecule has 0 aromatic heterocycles. The highest BCUT2D eigenvalue weighted by Crippen LogP contribution is 2.27. The van der Waals surface area contributed by atoms with Gasteiger partial charge in [0.15, 0.2) is 0 Å². The number of carbonyl (C=O) groups is 2. The maximum atomic E-state index is 13.5. The van der Waals surface area contributed by atoms with Gasteiger partial charge in [0.1, 0.15) is 18.3 Å². The van der Waals surface area contributed by atoms with Crippen molar-refractivity contribution in [2.45, 2.75) is 39.3 Å². The predicted molar refractivity (Wildman–Crippen MR) is 135 cm³/mol. The number of sulfonamides is 1. The monoisotopic (exact) mass is 509 g/mol. The number of benzene rings is 2. The first kappa shape index (κ1) is 27.5. The number of ether oxygens (including phenoxy) is 1. The number of nitrogens with zero attached hydrogens (tertiary/aromatic N) is 2. The van der Waals surface area contributed by atoms with Gasteiger partial charge in [0.05, 0.1) is 24.1 Å². The average Bonchev–Trinajstić information content (AvgIpc) is 2.80. The van der Waals surface area contributed by atoms with Crippen molar-refractivity contribution in [3.05, 3.63) is 59.1 Å². The van der Waals surface area contributed by atoms with Crippen LogP contribution in [0.2, 0.25) is 5.02 Å². The zero-order valence-electron chi connectivity index (χ0n) is 20.0. The third kappa shape index (κ3) is 7.63. The van der Waals surface area contributed by atoms with E-state index in [1.54, 1.807) is 50.4 Å². The van der Waals surface area contributed by atoms with Crippen LogP contribution in [-0.4, -0.2) is 57.6 Å². The van der Waals surface area contributed by atoms with Crippen LogP contribution in [0.25, 0.3) is 0 Å². The number of anilines is 1. The van der Waals surface area contributed by atoms with Crippen LogP contribution in [0.3, 0.4) is 0 Å². The minimum Gasteiger partial charge on any atom is -0.497 e. The fourth-order valence-corrected chi connectivity index (χ4v) is 4.48. The van der Waals surface area contributed by atoms with Gasteiger partial charge in [0.2, 0.25) is 21.8 Å². The molecule has 2 aromatic rings. The molecule has 186 valence electrons. The molecule has 2 amide bonds. The van der Waals surface area contributed by atoms with Crippen LogP contribution in [0.5, 0.6) is 5.75 Å². The van der Waals surface area contributed by atoms with E-state index in [4.69, 9.17) is 16.3 Å². The zero-order valence-corrected chi connectivity index (χ0v) is 21.5. The zero-order chi connectivity index (χ0) is 25.3. The topological polar surface area (TPSA) is 96.0 Å². The van der Waals surface area contributed by atoms with Crippen molar-refractivity contribution in [1.29, 1.82) is 0 Å². The molecule has 1 unspecified atom stereocenters. The van der Waals surface area contributed by atoms with E-state index in [9.17, 15) is 18.0 Å². The van der Waals surface area contributed by atoms with Crippen molar-refractivity contribution < 1.29 is 22.7 Å². The Morgan fingerprint density at radius 2 is 1.85 bits per heavy atom. The number of methoxy groups -OCH3 is 1. The lowest BCUT2D eigenvalue weighted by atomic mass is 10.1. The van der Waals surface area contributed by atoms with Crippen LogP contribution in [0.1, 0.15) is 32.3 Å². The molecular formula is C24H32ClN3O5S. The first-order chi connectivity index (χ1) is 16.1. The first-order valence-electron chi connectivity index (χ1n) is 11.0. The summed E-state index contributed by atoms with van der Waals surface area (Å²) < 4.78 is 31.3. The second-order valence-corrected chi connectivity index (χ2v) is 10.2. The second-order valence-electron chi connectivity index (χ2n) is 7.91. The summed E-state index contributed by atoms with van der Waals surface area (Å²) in [7, 11) is -2.29. The quantitative estimate of drug-likeness (QED) is 0.442. The van der Waals surface area contributed by atoms with E-state index in [2.05, 4.69) is 5.32 Å². The Labute approximate surface area is 206 Å². The minimum atomic E-state index is -3.84. The molecule has 10 heteroatoms. The molecule has 0 fully saturated rings. The van der Waals surface area contributed by atoms with Crippen molar-refractivity contribution >= 4 is 39.1 Å². The highest BCUT2D eigenvalue weighted by Gasteiger charge is 2.30. The molecule has 0 spiro atoms. The number of rotatable bonds is 12. The van der Waals surface area contributed by atoms with E-state index in [-0.39, 0.29) is 23.2 Å². The Morgan fingerprint density at radius 1 is 1.15 bits per heavy atom. The largest absolute Gasteiger partial charge is 0.497 e. The van der Waals surface area contributed by atoms with Gasteiger partial charge in [-0.05, 0) is 43.2 Å². The van der Waals surface area contributed by atoms with Gasteiger partial charge in [-0.3, -0.25) is 13.9 Å². The Bertz CT molecular complexity index is 1090. The van der Waals surface area contributed by atoms with E-state index < -0.39 is 28.5 Å². The molecule has 0 radical (unpaired) electrons. The van der Waals surface area contributed by atoms with Crippen molar-refractivity contribution in [3.8, 4) is 5.75 Å². The summed E-state index contributed by atoms with van der Waals surface area (Å²) in [6.45, 7) is 3.73. The van der Waals surface area contributed by atoms with E-state index in [0.717, 1.165) is 29.0 Å². The average molecular weight is 510 g/mol. The SMILES string of the molecule is CCCCNC(=O)C(C)N(Cc1cccc(OC)c1)C(=O)CN(c1ccccc1Cl)S(C)(=O)=O. The molecule has 0 bridgehead atoms. The molecule has 1 atom stereocenters. The normalized spacial score (nSPS) is 12.0. The van der Waals surface area contributed by atoms with Gasteiger partial charge in [0, 0.05) is 13.1 Å². The van der Waals surface area contributed by atoms with Gasteiger partial charge in [-0.1, -0.05) is 49.2 Å².